The Morgan fingerprint density at radius 3 is 2.59 bits per heavy atom. The van der Waals surface area contributed by atoms with E-state index in [0.29, 0.717) is 5.56 Å². The molecule has 0 saturated carbocycles. The zero-order valence-corrected chi connectivity index (χ0v) is 17.3. The number of aryl methyl sites for hydroxylation is 2. The van der Waals surface area contributed by atoms with Crippen LogP contribution in [-0.2, 0) is 23.2 Å². The summed E-state index contributed by atoms with van der Waals surface area (Å²) in [7, 11) is 1.86. The summed E-state index contributed by atoms with van der Waals surface area (Å²) in [6.07, 6.45) is 5.19. The lowest BCUT2D eigenvalue weighted by Crippen LogP contribution is -2.23. The third-order valence-corrected chi connectivity index (χ3v) is 4.03. The van der Waals surface area contributed by atoms with Crippen molar-refractivity contribution < 1.29 is 14.4 Å². The van der Waals surface area contributed by atoms with Crippen molar-refractivity contribution in [1.29, 1.82) is 0 Å². The summed E-state index contributed by atoms with van der Waals surface area (Å²) >= 11 is 0. The van der Waals surface area contributed by atoms with Gasteiger partial charge in [-0.2, -0.15) is 10.2 Å². The van der Waals surface area contributed by atoms with Crippen LogP contribution in [0.4, 0.5) is 0 Å². The van der Waals surface area contributed by atoms with Crippen LogP contribution in [0.5, 0.6) is 0 Å². The van der Waals surface area contributed by atoms with Gasteiger partial charge in [-0.1, -0.05) is 17.3 Å². The van der Waals surface area contributed by atoms with Crippen LogP contribution in [0.1, 0.15) is 48.0 Å². The van der Waals surface area contributed by atoms with Crippen LogP contribution in [0.2, 0.25) is 0 Å². The maximum Gasteiger partial charge on any atom is 0.338 e. The van der Waals surface area contributed by atoms with Gasteiger partial charge in [-0.05, 0) is 51.5 Å². The van der Waals surface area contributed by atoms with Gasteiger partial charge in [-0.3, -0.25) is 4.68 Å². The van der Waals surface area contributed by atoms with Gasteiger partial charge >= 0.3 is 5.97 Å². The van der Waals surface area contributed by atoms with Crippen LogP contribution in [0.15, 0.2) is 47.9 Å². The molecule has 0 fully saturated rings. The first-order valence-corrected chi connectivity index (χ1v) is 9.26. The molecule has 29 heavy (non-hydrogen) atoms. The molecule has 0 N–H and O–H groups in total. The molecule has 3 rings (SSSR count). The van der Waals surface area contributed by atoms with Gasteiger partial charge in [0, 0.05) is 19.4 Å². The fourth-order valence-corrected chi connectivity index (χ4v) is 2.76. The maximum atomic E-state index is 12.1. The minimum Gasteiger partial charge on any atom is -0.456 e. The molecule has 0 aliphatic heterocycles. The molecule has 0 aliphatic carbocycles. The molecular formula is C21H25N5O3. The summed E-state index contributed by atoms with van der Waals surface area (Å²) in [6.45, 7) is 7.71. The van der Waals surface area contributed by atoms with Crippen molar-refractivity contribution in [1.82, 2.24) is 19.6 Å². The smallest absolute Gasteiger partial charge is 0.338 e. The predicted octanol–water partition coefficient (Wildman–Crippen LogP) is 3.42. The van der Waals surface area contributed by atoms with E-state index in [1.807, 2.05) is 59.1 Å². The number of benzene rings is 1. The van der Waals surface area contributed by atoms with E-state index in [4.69, 9.17) is 9.57 Å². The first-order valence-electron chi connectivity index (χ1n) is 9.26. The largest absolute Gasteiger partial charge is 0.456 e. The second-order valence-electron chi connectivity index (χ2n) is 7.60. The van der Waals surface area contributed by atoms with Crippen LogP contribution in [0, 0.1) is 6.92 Å². The number of rotatable bonds is 6. The summed E-state index contributed by atoms with van der Waals surface area (Å²) in [5.74, 6) is 0.461. The normalized spacial score (nSPS) is 11.8. The van der Waals surface area contributed by atoms with E-state index in [9.17, 15) is 4.79 Å². The summed E-state index contributed by atoms with van der Waals surface area (Å²) in [6, 6.07) is 8.92. The molecule has 8 nitrogen and oxygen atoms in total. The molecule has 0 saturated heterocycles. The van der Waals surface area contributed by atoms with E-state index in [2.05, 4.69) is 15.4 Å². The van der Waals surface area contributed by atoms with Crippen LogP contribution in [0.25, 0.3) is 5.82 Å². The molecule has 0 unspecified atom stereocenters. The third-order valence-electron chi connectivity index (χ3n) is 4.03. The highest BCUT2D eigenvalue weighted by atomic mass is 16.6. The zero-order valence-electron chi connectivity index (χ0n) is 17.3. The van der Waals surface area contributed by atoms with Gasteiger partial charge in [0.05, 0.1) is 23.0 Å². The molecular weight excluding hydrogens is 370 g/mol. The molecule has 0 radical (unpaired) electrons. The Hall–Kier alpha value is -3.42. The topological polar surface area (TPSA) is 83.5 Å². The summed E-state index contributed by atoms with van der Waals surface area (Å²) in [5, 5.41) is 12.8. The van der Waals surface area contributed by atoms with Gasteiger partial charge in [-0.15, -0.1) is 0 Å². The third kappa shape index (κ3) is 5.10. The van der Waals surface area contributed by atoms with Crippen molar-refractivity contribution in [2.24, 2.45) is 12.2 Å². The van der Waals surface area contributed by atoms with Crippen LogP contribution < -0.4 is 0 Å². The number of esters is 1. The van der Waals surface area contributed by atoms with Gasteiger partial charge in [0.25, 0.3) is 0 Å². The monoisotopic (exact) mass is 395 g/mol. The van der Waals surface area contributed by atoms with Gasteiger partial charge in [0.15, 0.2) is 5.82 Å². The van der Waals surface area contributed by atoms with Crippen molar-refractivity contribution >= 4 is 12.2 Å². The summed E-state index contributed by atoms with van der Waals surface area (Å²) < 4.78 is 8.84. The molecule has 0 atom stereocenters. The molecule has 2 heterocycles. The number of hydrogen-bond donors (Lipinski definition) is 0. The van der Waals surface area contributed by atoms with Gasteiger partial charge in [0.1, 0.15) is 12.2 Å². The van der Waals surface area contributed by atoms with E-state index in [1.54, 1.807) is 33.9 Å². The Kier molecular flexibility index (Phi) is 5.81. The summed E-state index contributed by atoms with van der Waals surface area (Å²) in [4.78, 5) is 17.5. The minimum atomic E-state index is -0.521. The number of carbonyl (C=O) groups excluding carboxylic acids is 1. The molecule has 152 valence electrons. The Morgan fingerprint density at radius 1 is 1.24 bits per heavy atom. The molecule has 1 aromatic carbocycles. The number of carbonyl (C=O) groups is 1. The Labute approximate surface area is 169 Å². The number of ether oxygens (including phenoxy) is 1. The van der Waals surface area contributed by atoms with Crippen molar-refractivity contribution in [3.8, 4) is 5.82 Å². The van der Waals surface area contributed by atoms with Crippen LogP contribution in [0.3, 0.4) is 0 Å². The van der Waals surface area contributed by atoms with Crippen LogP contribution in [-0.4, -0.2) is 37.3 Å². The first-order chi connectivity index (χ1) is 13.7. The molecule has 0 bridgehead atoms. The molecule has 2 aromatic heterocycles. The fraction of sp³-hybridized carbons (Fsp3) is 0.333. The highest BCUT2D eigenvalue weighted by Crippen LogP contribution is 2.16. The first kappa shape index (κ1) is 20.3. The highest BCUT2D eigenvalue weighted by Gasteiger charge is 2.17. The molecule has 0 spiro atoms. The molecule has 0 aliphatic rings. The van der Waals surface area contributed by atoms with Crippen molar-refractivity contribution in [3.63, 3.8) is 0 Å². The number of oxime groups is 1. The minimum absolute atomic E-state index is 0.279. The van der Waals surface area contributed by atoms with Gasteiger partial charge < -0.3 is 9.57 Å². The maximum absolute atomic E-state index is 12.1. The van der Waals surface area contributed by atoms with Crippen molar-refractivity contribution in [3.05, 3.63) is 65.1 Å². The van der Waals surface area contributed by atoms with E-state index in [0.717, 1.165) is 22.6 Å². The Morgan fingerprint density at radius 2 is 1.97 bits per heavy atom. The highest BCUT2D eigenvalue weighted by molar-refractivity contribution is 5.89. The second kappa shape index (κ2) is 8.30. The van der Waals surface area contributed by atoms with E-state index < -0.39 is 5.60 Å². The lowest BCUT2D eigenvalue weighted by Gasteiger charge is -2.19. The summed E-state index contributed by atoms with van der Waals surface area (Å²) in [5.41, 5.74) is 2.53. The SMILES string of the molecule is Cc1nn(C)c(-n2cccn2)c1/C=N/OCc1ccc(C(=O)OC(C)(C)C)cc1. The lowest BCUT2D eigenvalue weighted by molar-refractivity contribution is 0.00694. The average molecular weight is 395 g/mol. The van der Waals surface area contributed by atoms with Crippen molar-refractivity contribution in [2.75, 3.05) is 0 Å². The zero-order chi connectivity index (χ0) is 21.0. The van der Waals surface area contributed by atoms with E-state index in [-0.39, 0.29) is 12.6 Å². The average Bonchev–Trinajstić information content (AvgIpc) is 3.25. The molecule has 8 heteroatoms. The number of aromatic nitrogens is 4. The second-order valence-corrected chi connectivity index (χ2v) is 7.60. The molecule has 0 amide bonds. The lowest BCUT2D eigenvalue weighted by atomic mass is 10.1. The van der Waals surface area contributed by atoms with Gasteiger partial charge in [-0.25, -0.2) is 9.48 Å². The van der Waals surface area contributed by atoms with Crippen LogP contribution >= 0.6 is 0 Å². The fourth-order valence-electron chi connectivity index (χ4n) is 2.76. The standard InChI is InChI=1S/C21H25N5O3/c1-15-18(19(25(5)24-15)26-12-6-11-22-26)13-23-28-14-16-7-9-17(10-8-16)20(27)29-21(2,3)4/h6-13H,14H2,1-5H3/b23-13+. The quantitative estimate of drug-likeness (QED) is 0.363. The number of nitrogens with zero attached hydrogens (tertiary/aromatic N) is 5. The Bertz CT molecular complexity index is 996. The Balaban J connectivity index is 1.62. The van der Waals surface area contributed by atoms with E-state index >= 15 is 0 Å². The number of hydrogen-bond acceptors (Lipinski definition) is 6. The molecule has 3 aromatic rings. The van der Waals surface area contributed by atoms with Crippen molar-refractivity contribution in [2.45, 2.75) is 39.9 Å². The van der Waals surface area contributed by atoms with E-state index in [1.165, 1.54) is 0 Å². The van der Waals surface area contributed by atoms with Gasteiger partial charge in [0.2, 0.25) is 0 Å². The predicted molar refractivity (Wildman–Crippen MR) is 109 cm³/mol.